The maximum Gasteiger partial charge on any atom is 0.271 e. The summed E-state index contributed by atoms with van der Waals surface area (Å²) in [6.45, 7) is 8.63. The van der Waals surface area contributed by atoms with Gasteiger partial charge in [0.2, 0.25) is 5.91 Å². The zero-order valence-corrected chi connectivity index (χ0v) is 17.4. The molecule has 2 aromatic heterocycles. The average Bonchev–Trinajstić information content (AvgIpc) is 3.19. The quantitative estimate of drug-likeness (QED) is 0.865. The minimum absolute atomic E-state index is 0.0222. The van der Waals surface area contributed by atoms with Crippen molar-refractivity contribution in [2.45, 2.75) is 77.5 Å². The molecular formula is C21H29N3O2S. The lowest BCUT2D eigenvalue weighted by Crippen LogP contribution is -2.67. The van der Waals surface area contributed by atoms with Crippen LogP contribution < -0.4 is 5.32 Å². The summed E-state index contributed by atoms with van der Waals surface area (Å²) in [5.74, 6) is 0.420. The van der Waals surface area contributed by atoms with E-state index in [-0.39, 0.29) is 23.9 Å². The van der Waals surface area contributed by atoms with Gasteiger partial charge < -0.3 is 14.8 Å². The topological polar surface area (TPSA) is 54.3 Å². The zero-order valence-electron chi connectivity index (χ0n) is 16.6. The Balaban J connectivity index is 1.71. The third-order valence-corrected chi connectivity index (χ3v) is 7.25. The first-order valence-corrected chi connectivity index (χ1v) is 10.9. The molecule has 27 heavy (non-hydrogen) atoms. The molecule has 3 heterocycles. The number of hydrogen-bond acceptors (Lipinski definition) is 3. The van der Waals surface area contributed by atoms with E-state index in [1.54, 1.807) is 16.2 Å². The van der Waals surface area contributed by atoms with Crippen LogP contribution in [-0.4, -0.2) is 38.9 Å². The highest BCUT2D eigenvalue weighted by molar-refractivity contribution is 7.17. The van der Waals surface area contributed by atoms with Gasteiger partial charge in [-0.15, -0.1) is 11.3 Å². The van der Waals surface area contributed by atoms with E-state index < -0.39 is 5.54 Å². The summed E-state index contributed by atoms with van der Waals surface area (Å²) in [6.07, 6.45) is 4.59. The number of fused-ring (bicyclic) bond motifs is 3. The van der Waals surface area contributed by atoms with E-state index >= 15 is 0 Å². The molecule has 146 valence electrons. The Morgan fingerprint density at radius 2 is 2.07 bits per heavy atom. The standard InChI is InChI=1S/C21H29N3O2S/c1-13(2)24-19(25)17-11-18-16(9-10-27-18)23(17)12-21(24,4)20(26)22-15-8-6-5-7-14(15)3/h9-11,13-15H,5-8,12H2,1-4H3,(H,22,26). The molecule has 2 amide bonds. The Morgan fingerprint density at radius 3 is 2.78 bits per heavy atom. The van der Waals surface area contributed by atoms with E-state index in [1.165, 1.54) is 6.42 Å². The third kappa shape index (κ3) is 2.89. The summed E-state index contributed by atoms with van der Waals surface area (Å²) in [7, 11) is 0. The van der Waals surface area contributed by atoms with Crippen molar-refractivity contribution in [2.24, 2.45) is 5.92 Å². The van der Waals surface area contributed by atoms with Gasteiger partial charge in [-0.2, -0.15) is 0 Å². The normalized spacial score (nSPS) is 28.6. The van der Waals surface area contributed by atoms with Gasteiger partial charge in [0.1, 0.15) is 11.2 Å². The number of nitrogens with one attached hydrogen (secondary N) is 1. The molecule has 6 heteroatoms. The maximum absolute atomic E-state index is 13.5. The van der Waals surface area contributed by atoms with Crippen molar-refractivity contribution in [1.82, 2.24) is 14.8 Å². The first-order chi connectivity index (χ1) is 12.8. The van der Waals surface area contributed by atoms with Crippen LogP contribution in [0.5, 0.6) is 0 Å². The molecule has 0 spiro atoms. The summed E-state index contributed by atoms with van der Waals surface area (Å²) in [5, 5.41) is 5.35. The molecule has 0 bridgehead atoms. The second kappa shape index (κ2) is 6.66. The minimum Gasteiger partial charge on any atom is -0.351 e. The lowest BCUT2D eigenvalue weighted by molar-refractivity contribution is -0.135. The monoisotopic (exact) mass is 387 g/mol. The molecule has 3 unspecified atom stereocenters. The molecule has 0 saturated heterocycles. The number of thiophene rings is 1. The molecule has 1 aliphatic carbocycles. The van der Waals surface area contributed by atoms with Gasteiger partial charge in [-0.1, -0.05) is 19.8 Å². The fourth-order valence-electron chi connectivity index (χ4n) is 4.90. The van der Waals surface area contributed by atoms with Crippen molar-refractivity contribution < 1.29 is 9.59 Å². The summed E-state index contributed by atoms with van der Waals surface area (Å²) in [5.41, 5.74) is 0.863. The van der Waals surface area contributed by atoms with Crippen molar-refractivity contribution in [3.63, 3.8) is 0 Å². The Morgan fingerprint density at radius 1 is 1.33 bits per heavy atom. The van der Waals surface area contributed by atoms with Crippen molar-refractivity contribution >= 4 is 33.4 Å². The van der Waals surface area contributed by atoms with Crippen LogP contribution in [0.3, 0.4) is 0 Å². The van der Waals surface area contributed by atoms with Crippen LogP contribution in [0.15, 0.2) is 17.5 Å². The number of carbonyl (C=O) groups is 2. The molecular weight excluding hydrogens is 358 g/mol. The highest BCUT2D eigenvalue weighted by Gasteiger charge is 2.49. The van der Waals surface area contributed by atoms with Gasteiger partial charge >= 0.3 is 0 Å². The Kier molecular flexibility index (Phi) is 4.57. The zero-order chi connectivity index (χ0) is 19.3. The number of hydrogen-bond donors (Lipinski definition) is 1. The van der Waals surface area contributed by atoms with Crippen LogP contribution in [0, 0.1) is 5.92 Å². The maximum atomic E-state index is 13.5. The largest absolute Gasteiger partial charge is 0.351 e. The third-order valence-electron chi connectivity index (χ3n) is 6.39. The molecule has 4 rings (SSSR count). The Bertz CT molecular complexity index is 883. The number of aromatic nitrogens is 1. The van der Waals surface area contributed by atoms with Gasteiger partial charge in [0.25, 0.3) is 5.91 Å². The molecule has 1 aliphatic heterocycles. The second-order valence-corrected chi connectivity index (χ2v) is 9.62. The summed E-state index contributed by atoms with van der Waals surface area (Å²) < 4.78 is 3.14. The molecule has 0 radical (unpaired) electrons. The molecule has 2 aliphatic rings. The second-order valence-electron chi connectivity index (χ2n) is 8.67. The van der Waals surface area contributed by atoms with E-state index in [0.717, 1.165) is 29.5 Å². The predicted octanol–water partition coefficient (Wildman–Crippen LogP) is 4.02. The summed E-state index contributed by atoms with van der Waals surface area (Å²) >= 11 is 1.64. The molecule has 0 aromatic carbocycles. The first-order valence-electron chi connectivity index (χ1n) is 10.0. The van der Waals surface area contributed by atoms with Crippen molar-refractivity contribution in [1.29, 1.82) is 0 Å². The van der Waals surface area contributed by atoms with Crippen LogP contribution in [-0.2, 0) is 11.3 Å². The SMILES string of the molecule is CC1CCCCC1NC(=O)C1(C)Cn2c(cc3sccc32)C(=O)N1C(C)C. The molecule has 2 aromatic rings. The smallest absolute Gasteiger partial charge is 0.271 e. The molecule has 3 atom stereocenters. The highest BCUT2D eigenvalue weighted by Crippen LogP contribution is 2.36. The van der Waals surface area contributed by atoms with Crippen LogP contribution in [0.25, 0.3) is 10.2 Å². The molecule has 1 N–H and O–H groups in total. The summed E-state index contributed by atoms with van der Waals surface area (Å²) in [6, 6.07) is 4.18. The van der Waals surface area contributed by atoms with Gasteiger partial charge in [-0.25, -0.2) is 0 Å². The fourth-order valence-corrected chi connectivity index (χ4v) is 5.72. The van der Waals surface area contributed by atoms with Crippen LogP contribution in [0.1, 0.15) is 63.9 Å². The van der Waals surface area contributed by atoms with Gasteiger partial charge in [0, 0.05) is 12.1 Å². The number of nitrogens with zero attached hydrogens (tertiary/aromatic N) is 2. The Labute approximate surface area is 164 Å². The molecule has 1 fully saturated rings. The number of carbonyl (C=O) groups excluding carboxylic acids is 2. The summed E-state index contributed by atoms with van der Waals surface area (Å²) in [4.78, 5) is 28.6. The Hall–Kier alpha value is -1.82. The number of amides is 2. The number of rotatable bonds is 3. The lowest BCUT2D eigenvalue weighted by atomic mass is 9.84. The van der Waals surface area contributed by atoms with Gasteiger partial charge in [-0.05, 0) is 57.0 Å². The van der Waals surface area contributed by atoms with Crippen molar-refractivity contribution in [3.8, 4) is 0 Å². The first kappa shape index (κ1) is 18.5. The van der Waals surface area contributed by atoms with Crippen LogP contribution in [0.2, 0.25) is 0 Å². The minimum atomic E-state index is -0.886. The van der Waals surface area contributed by atoms with E-state index in [1.807, 2.05) is 42.9 Å². The molecule has 1 saturated carbocycles. The van der Waals surface area contributed by atoms with E-state index in [9.17, 15) is 9.59 Å². The van der Waals surface area contributed by atoms with E-state index in [0.29, 0.717) is 18.2 Å². The van der Waals surface area contributed by atoms with Gasteiger partial charge in [-0.3, -0.25) is 9.59 Å². The van der Waals surface area contributed by atoms with Crippen molar-refractivity contribution in [2.75, 3.05) is 0 Å². The highest BCUT2D eigenvalue weighted by atomic mass is 32.1. The molecule has 5 nitrogen and oxygen atoms in total. The van der Waals surface area contributed by atoms with Gasteiger partial charge in [0.05, 0.1) is 16.8 Å². The van der Waals surface area contributed by atoms with Crippen LogP contribution >= 0.6 is 11.3 Å². The average molecular weight is 388 g/mol. The fraction of sp³-hybridized carbons (Fsp3) is 0.619. The predicted molar refractivity (Wildman–Crippen MR) is 109 cm³/mol. The van der Waals surface area contributed by atoms with E-state index in [2.05, 4.69) is 12.2 Å². The van der Waals surface area contributed by atoms with E-state index in [4.69, 9.17) is 0 Å². The van der Waals surface area contributed by atoms with Crippen molar-refractivity contribution in [3.05, 3.63) is 23.2 Å². The van der Waals surface area contributed by atoms with Crippen LogP contribution in [0.4, 0.5) is 0 Å². The van der Waals surface area contributed by atoms with Gasteiger partial charge in [0.15, 0.2) is 0 Å². The lowest BCUT2D eigenvalue weighted by Gasteiger charge is -2.47.